The maximum atomic E-state index is 12.1. The Balaban J connectivity index is 2.65. The van der Waals surface area contributed by atoms with Crippen LogP contribution in [0.3, 0.4) is 0 Å². The molecular formula is C10H16F3N5O. The molecule has 0 spiro atoms. The SMILES string of the molecule is CCCNc1cc(NCC(O)C(F)(F)F)nc(N)n1. The lowest BCUT2D eigenvalue weighted by molar-refractivity contribution is -0.198. The highest BCUT2D eigenvalue weighted by molar-refractivity contribution is 5.51. The summed E-state index contributed by atoms with van der Waals surface area (Å²) in [5.74, 6) is 0.470. The second-order valence-corrected chi connectivity index (χ2v) is 3.86. The van der Waals surface area contributed by atoms with Crippen LogP contribution in [0.5, 0.6) is 0 Å². The molecule has 0 fully saturated rings. The van der Waals surface area contributed by atoms with E-state index in [1.807, 2.05) is 6.92 Å². The molecule has 19 heavy (non-hydrogen) atoms. The number of alkyl halides is 3. The fraction of sp³-hybridized carbons (Fsp3) is 0.600. The largest absolute Gasteiger partial charge is 0.416 e. The quantitative estimate of drug-likeness (QED) is 0.625. The third-order valence-electron chi connectivity index (χ3n) is 2.15. The molecule has 0 aliphatic carbocycles. The van der Waals surface area contributed by atoms with Crippen molar-refractivity contribution in [3.05, 3.63) is 6.07 Å². The maximum Gasteiger partial charge on any atom is 0.416 e. The van der Waals surface area contributed by atoms with Gasteiger partial charge in [-0.1, -0.05) is 6.92 Å². The summed E-state index contributed by atoms with van der Waals surface area (Å²) in [5.41, 5.74) is 5.44. The molecule has 0 amide bonds. The molecule has 0 radical (unpaired) electrons. The van der Waals surface area contributed by atoms with Gasteiger partial charge < -0.3 is 21.5 Å². The number of hydrogen-bond donors (Lipinski definition) is 4. The molecule has 1 heterocycles. The molecule has 9 heteroatoms. The third kappa shape index (κ3) is 5.16. The number of nitrogens with one attached hydrogen (secondary N) is 2. The zero-order valence-electron chi connectivity index (χ0n) is 10.3. The van der Waals surface area contributed by atoms with E-state index in [2.05, 4.69) is 20.6 Å². The molecule has 1 rings (SSSR count). The smallest absolute Gasteiger partial charge is 0.382 e. The number of anilines is 3. The van der Waals surface area contributed by atoms with Crippen LogP contribution in [0, 0.1) is 0 Å². The Kier molecular flexibility index (Phi) is 5.16. The Hall–Kier alpha value is -1.77. The molecule has 1 unspecified atom stereocenters. The van der Waals surface area contributed by atoms with Gasteiger partial charge >= 0.3 is 6.18 Å². The molecule has 108 valence electrons. The van der Waals surface area contributed by atoms with Gasteiger partial charge in [0.1, 0.15) is 11.6 Å². The number of hydrogen-bond acceptors (Lipinski definition) is 6. The van der Waals surface area contributed by atoms with E-state index in [9.17, 15) is 13.2 Å². The van der Waals surface area contributed by atoms with Crippen LogP contribution in [-0.2, 0) is 0 Å². The minimum Gasteiger partial charge on any atom is -0.382 e. The van der Waals surface area contributed by atoms with E-state index < -0.39 is 18.8 Å². The van der Waals surface area contributed by atoms with Crippen molar-refractivity contribution >= 4 is 17.6 Å². The minimum absolute atomic E-state index is 0.0647. The molecular weight excluding hydrogens is 263 g/mol. The normalized spacial score (nSPS) is 13.1. The molecule has 0 bridgehead atoms. The Bertz CT molecular complexity index is 413. The number of aromatic nitrogens is 2. The van der Waals surface area contributed by atoms with Gasteiger partial charge in [0.2, 0.25) is 5.95 Å². The first-order valence-corrected chi connectivity index (χ1v) is 5.70. The molecule has 1 atom stereocenters. The molecule has 0 saturated carbocycles. The lowest BCUT2D eigenvalue weighted by Crippen LogP contribution is -2.35. The number of aliphatic hydroxyl groups is 1. The van der Waals surface area contributed by atoms with Gasteiger partial charge in [0.05, 0.1) is 6.54 Å². The van der Waals surface area contributed by atoms with Crippen LogP contribution < -0.4 is 16.4 Å². The summed E-state index contributed by atoms with van der Waals surface area (Å²) in [4.78, 5) is 7.61. The first kappa shape index (κ1) is 15.3. The number of aliphatic hydroxyl groups excluding tert-OH is 1. The van der Waals surface area contributed by atoms with Crippen molar-refractivity contribution in [2.45, 2.75) is 25.6 Å². The summed E-state index contributed by atoms with van der Waals surface area (Å²) < 4.78 is 36.4. The summed E-state index contributed by atoms with van der Waals surface area (Å²) in [6.07, 6.45) is -6.27. The highest BCUT2D eigenvalue weighted by atomic mass is 19.4. The van der Waals surface area contributed by atoms with Crippen LogP contribution in [0.15, 0.2) is 6.07 Å². The zero-order valence-corrected chi connectivity index (χ0v) is 10.3. The van der Waals surface area contributed by atoms with E-state index >= 15 is 0 Å². The Morgan fingerprint density at radius 1 is 1.32 bits per heavy atom. The van der Waals surface area contributed by atoms with E-state index in [0.717, 1.165) is 6.42 Å². The number of nitrogens with zero attached hydrogens (tertiary/aromatic N) is 2. The first-order chi connectivity index (χ1) is 8.82. The predicted molar refractivity (Wildman–Crippen MR) is 65.8 cm³/mol. The van der Waals surface area contributed by atoms with Crippen molar-refractivity contribution in [3.8, 4) is 0 Å². The lowest BCUT2D eigenvalue weighted by atomic mass is 10.3. The average molecular weight is 279 g/mol. The van der Waals surface area contributed by atoms with Gasteiger partial charge in [0.25, 0.3) is 0 Å². The van der Waals surface area contributed by atoms with E-state index in [1.165, 1.54) is 6.07 Å². The standard InChI is InChI=1S/C10H16F3N5O/c1-2-3-15-7-4-8(18-9(14)17-7)16-5-6(19)10(11,12)13/h4,6,19H,2-3,5H2,1H3,(H4,14,15,16,17,18). The molecule has 1 aromatic rings. The lowest BCUT2D eigenvalue weighted by Gasteiger charge is -2.15. The van der Waals surface area contributed by atoms with Crippen molar-refractivity contribution in [2.24, 2.45) is 0 Å². The molecule has 0 saturated heterocycles. The van der Waals surface area contributed by atoms with Gasteiger partial charge in [-0.2, -0.15) is 23.1 Å². The summed E-state index contributed by atoms with van der Waals surface area (Å²) in [7, 11) is 0. The van der Waals surface area contributed by atoms with Crippen molar-refractivity contribution in [3.63, 3.8) is 0 Å². The van der Waals surface area contributed by atoms with Crippen LogP contribution in [0.4, 0.5) is 30.8 Å². The summed E-state index contributed by atoms with van der Waals surface area (Å²) in [6.45, 7) is 1.91. The number of nitrogens with two attached hydrogens (primary N) is 1. The van der Waals surface area contributed by atoms with Gasteiger partial charge in [0, 0.05) is 12.6 Å². The van der Waals surface area contributed by atoms with E-state index in [0.29, 0.717) is 12.4 Å². The molecule has 6 nitrogen and oxygen atoms in total. The van der Waals surface area contributed by atoms with E-state index in [-0.39, 0.29) is 11.8 Å². The van der Waals surface area contributed by atoms with Crippen molar-refractivity contribution < 1.29 is 18.3 Å². The summed E-state index contributed by atoms with van der Waals surface area (Å²) in [6, 6.07) is 1.43. The van der Waals surface area contributed by atoms with Crippen molar-refractivity contribution in [1.82, 2.24) is 9.97 Å². The third-order valence-corrected chi connectivity index (χ3v) is 2.15. The second-order valence-electron chi connectivity index (χ2n) is 3.86. The summed E-state index contributed by atoms with van der Waals surface area (Å²) >= 11 is 0. The molecule has 5 N–H and O–H groups in total. The van der Waals surface area contributed by atoms with E-state index in [1.54, 1.807) is 0 Å². The molecule has 0 aliphatic rings. The zero-order chi connectivity index (χ0) is 14.5. The summed E-state index contributed by atoms with van der Waals surface area (Å²) in [5, 5.41) is 14.2. The van der Waals surface area contributed by atoms with Crippen LogP contribution in [0.1, 0.15) is 13.3 Å². The van der Waals surface area contributed by atoms with Crippen LogP contribution in [-0.4, -0.2) is 40.4 Å². The Labute approximate surface area is 108 Å². The van der Waals surface area contributed by atoms with Gasteiger partial charge in [-0.3, -0.25) is 0 Å². The van der Waals surface area contributed by atoms with Gasteiger partial charge in [0.15, 0.2) is 6.10 Å². The number of nitrogen functional groups attached to an aromatic ring is 1. The number of rotatable bonds is 6. The second kappa shape index (κ2) is 6.41. The minimum atomic E-state index is -4.67. The number of halogens is 3. The molecule has 0 aromatic carbocycles. The highest BCUT2D eigenvalue weighted by Gasteiger charge is 2.37. The highest BCUT2D eigenvalue weighted by Crippen LogP contribution is 2.20. The topological polar surface area (TPSA) is 96.1 Å². The van der Waals surface area contributed by atoms with Gasteiger partial charge in [-0.05, 0) is 6.42 Å². The fourth-order valence-electron chi connectivity index (χ4n) is 1.22. The van der Waals surface area contributed by atoms with Crippen LogP contribution in [0.25, 0.3) is 0 Å². The van der Waals surface area contributed by atoms with Gasteiger partial charge in [-0.25, -0.2) is 0 Å². The average Bonchev–Trinajstić information content (AvgIpc) is 2.31. The Morgan fingerprint density at radius 2 is 1.89 bits per heavy atom. The van der Waals surface area contributed by atoms with Crippen molar-refractivity contribution in [1.29, 1.82) is 0 Å². The van der Waals surface area contributed by atoms with E-state index in [4.69, 9.17) is 10.8 Å². The molecule has 0 aliphatic heterocycles. The van der Waals surface area contributed by atoms with Crippen LogP contribution in [0.2, 0.25) is 0 Å². The first-order valence-electron chi connectivity index (χ1n) is 5.70. The fourth-order valence-corrected chi connectivity index (χ4v) is 1.22. The molecule has 1 aromatic heterocycles. The Morgan fingerprint density at radius 3 is 2.42 bits per heavy atom. The van der Waals surface area contributed by atoms with Crippen molar-refractivity contribution in [2.75, 3.05) is 29.5 Å². The maximum absolute atomic E-state index is 12.1. The monoisotopic (exact) mass is 279 g/mol. The van der Waals surface area contributed by atoms with Gasteiger partial charge in [-0.15, -0.1) is 0 Å². The predicted octanol–water partition coefficient (Wildman–Crippen LogP) is 1.22. The van der Waals surface area contributed by atoms with Crippen LogP contribution >= 0.6 is 0 Å².